The summed E-state index contributed by atoms with van der Waals surface area (Å²) in [6.45, 7) is 2.31. The molecule has 4 rings (SSSR count). The van der Waals surface area contributed by atoms with Crippen molar-refractivity contribution < 1.29 is 9.53 Å². The predicted molar refractivity (Wildman–Crippen MR) is 154 cm³/mol. The molecule has 0 unspecified atom stereocenters. The molecular formula is C32H36N4O2. The number of ether oxygens (including phenoxy) is 1. The first-order chi connectivity index (χ1) is 18.5. The Kier molecular flexibility index (Phi) is 9.59. The third-order valence-corrected chi connectivity index (χ3v) is 6.45. The molecular weight excluding hydrogens is 472 g/mol. The molecule has 0 aliphatic rings. The van der Waals surface area contributed by atoms with Gasteiger partial charge >= 0.3 is 0 Å². The van der Waals surface area contributed by atoms with Gasteiger partial charge < -0.3 is 14.5 Å². The number of aromatic nitrogens is 2. The van der Waals surface area contributed by atoms with Crippen LogP contribution in [0, 0.1) is 0 Å². The summed E-state index contributed by atoms with van der Waals surface area (Å²) in [6, 6.07) is 24.2. The molecule has 2 heterocycles. The molecule has 0 saturated heterocycles. The Balaban J connectivity index is 1.35. The van der Waals surface area contributed by atoms with E-state index in [2.05, 4.69) is 53.0 Å². The van der Waals surface area contributed by atoms with Crippen LogP contribution in [-0.4, -0.2) is 54.9 Å². The maximum absolute atomic E-state index is 12.4. The predicted octanol–water partition coefficient (Wildman–Crippen LogP) is 5.46. The van der Waals surface area contributed by atoms with E-state index >= 15 is 0 Å². The van der Waals surface area contributed by atoms with Gasteiger partial charge in [0.2, 0.25) is 0 Å². The zero-order valence-corrected chi connectivity index (χ0v) is 22.5. The number of carbonyl (C=O) groups excluding carboxylic acids is 1. The molecule has 0 amide bonds. The zero-order valence-electron chi connectivity index (χ0n) is 22.5. The van der Waals surface area contributed by atoms with Crippen molar-refractivity contribution in [3.05, 3.63) is 108 Å². The maximum atomic E-state index is 12.4. The van der Waals surface area contributed by atoms with Crippen LogP contribution in [0.5, 0.6) is 5.75 Å². The van der Waals surface area contributed by atoms with Gasteiger partial charge in [-0.15, -0.1) is 0 Å². The summed E-state index contributed by atoms with van der Waals surface area (Å²) < 4.78 is 6.25. The molecule has 0 radical (unpaired) electrons. The summed E-state index contributed by atoms with van der Waals surface area (Å²) in [5.41, 5.74) is 5.28. The van der Waals surface area contributed by atoms with Crippen LogP contribution in [0.15, 0.2) is 91.4 Å². The number of carbonyl (C=O) groups is 1. The van der Waals surface area contributed by atoms with Gasteiger partial charge in [-0.3, -0.25) is 9.78 Å². The lowest BCUT2D eigenvalue weighted by Gasteiger charge is -2.21. The van der Waals surface area contributed by atoms with E-state index in [1.54, 1.807) is 6.20 Å². The van der Waals surface area contributed by atoms with Gasteiger partial charge in [0.1, 0.15) is 24.0 Å². The van der Waals surface area contributed by atoms with Crippen molar-refractivity contribution in [2.45, 2.75) is 25.9 Å². The van der Waals surface area contributed by atoms with Crippen LogP contribution < -0.4 is 9.64 Å². The number of ketones is 1. The molecule has 6 nitrogen and oxygen atoms in total. The average molecular weight is 509 g/mol. The Morgan fingerprint density at radius 3 is 2.39 bits per heavy atom. The summed E-state index contributed by atoms with van der Waals surface area (Å²) in [7, 11) is 6.21. The van der Waals surface area contributed by atoms with Gasteiger partial charge in [-0.05, 0) is 67.0 Å². The number of pyridine rings is 2. The number of nitrogens with zero attached hydrogens (tertiary/aromatic N) is 4. The minimum Gasteiger partial charge on any atom is -0.488 e. The molecule has 38 heavy (non-hydrogen) atoms. The number of Topliss-reactive ketones (excluding diaryl/α,β-unsaturated/α-hetero) is 1. The topological polar surface area (TPSA) is 58.6 Å². The SMILES string of the molecule is CN(C)CCN(C)c1cc(-c2ccccc2OCc2ccc(CC(=O)CCc3cccnc3)cc2)ccn1. The lowest BCUT2D eigenvalue weighted by atomic mass is 10.0. The van der Waals surface area contributed by atoms with Crippen molar-refractivity contribution in [3.63, 3.8) is 0 Å². The molecule has 0 aliphatic heterocycles. The second kappa shape index (κ2) is 13.5. The van der Waals surface area contributed by atoms with Crippen LogP contribution >= 0.6 is 0 Å². The van der Waals surface area contributed by atoms with Crippen LogP contribution in [0.2, 0.25) is 0 Å². The van der Waals surface area contributed by atoms with Crippen molar-refractivity contribution >= 4 is 11.6 Å². The number of anilines is 1. The first-order valence-corrected chi connectivity index (χ1v) is 13.0. The highest BCUT2D eigenvalue weighted by atomic mass is 16.5. The second-order valence-electron chi connectivity index (χ2n) is 9.81. The van der Waals surface area contributed by atoms with Crippen LogP contribution in [0.25, 0.3) is 11.1 Å². The molecule has 4 aromatic rings. The van der Waals surface area contributed by atoms with Gasteiger partial charge in [-0.1, -0.05) is 48.5 Å². The van der Waals surface area contributed by atoms with E-state index in [4.69, 9.17) is 4.74 Å². The van der Waals surface area contributed by atoms with Gasteiger partial charge in [-0.25, -0.2) is 4.98 Å². The lowest BCUT2D eigenvalue weighted by molar-refractivity contribution is -0.118. The summed E-state index contributed by atoms with van der Waals surface area (Å²) >= 11 is 0. The fourth-order valence-corrected chi connectivity index (χ4v) is 4.15. The zero-order chi connectivity index (χ0) is 26.7. The minimum atomic E-state index is 0.232. The van der Waals surface area contributed by atoms with E-state index < -0.39 is 0 Å². The third-order valence-electron chi connectivity index (χ3n) is 6.45. The highest BCUT2D eigenvalue weighted by Gasteiger charge is 2.10. The van der Waals surface area contributed by atoms with E-state index in [-0.39, 0.29) is 5.78 Å². The first kappa shape index (κ1) is 27.0. The Morgan fingerprint density at radius 2 is 1.63 bits per heavy atom. The Labute approximate surface area is 225 Å². The van der Waals surface area contributed by atoms with Crippen molar-refractivity contribution in [1.82, 2.24) is 14.9 Å². The monoisotopic (exact) mass is 508 g/mol. The van der Waals surface area contributed by atoms with Gasteiger partial charge in [0, 0.05) is 57.1 Å². The number of para-hydroxylation sites is 1. The number of benzene rings is 2. The van der Waals surface area contributed by atoms with Crippen molar-refractivity contribution in [2.24, 2.45) is 0 Å². The lowest BCUT2D eigenvalue weighted by Crippen LogP contribution is -2.28. The van der Waals surface area contributed by atoms with Crippen molar-refractivity contribution in [2.75, 3.05) is 39.1 Å². The average Bonchev–Trinajstić information content (AvgIpc) is 2.95. The number of aryl methyl sites for hydroxylation is 1. The summed E-state index contributed by atoms with van der Waals surface area (Å²) in [4.78, 5) is 25.4. The largest absolute Gasteiger partial charge is 0.488 e. The molecule has 6 heteroatoms. The second-order valence-corrected chi connectivity index (χ2v) is 9.81. The van der Waals surface area contributed by atoms with Crippen LogP contribution in [-0.2, 0) is 24.2 Å². The minimum absolute atomic E-state index is 0.232. The molecule has 0 bridgehead atoms. The quantitative estimate of drug-likeness (QED) is 0.239. The van der Waals surface area contributed by atoms with Gasteiger partial charge in [0.05, 0.1) is 0 Å². The molecule has 0 N–H and O–H groups in total. The van der Waals surface area contributed by atoms with Gasteiger partial charge in [0.15, 0.2) is 0 Å². The van der Waals surface area contributed by atoms with E-state index in [0.29, 0.717) is 19.4 Å². The van der Waals surface area contributed by atoms with Crippen LogP contribution in [0.1, 0.15) is 23.1 Å². The van der Waals surface area contributed by atoms with Crippen LogP contribution in [0.3, 0.4) is 0 Å². The van der Waals surface area contributed by atoms with Crippen molar-refractivity contribution in [1.29, 1.82) is 0 Å². The number of hydrogen-bond acceptors (Lipinski definition) is 6. The molecule has 0 spiro atoms. The fourth-order valence-electron chi connectivity index (χ4n) is 4.15. The molecule has 0 fully saturated rings. The third kappa shape index (κ3) is 7.98. The van der Waals surface area contributed by atoms with E-state index in [9.17, 15) is 4.79 Å². The molecule has 2 aromatic heterocycles. The van der Waals surface area contributed by atoms with Gasteiger partial charge in [-0.2, -0.15) is 0 Å². The van der Waals surface area contributed by atoms with Gasteiger partial charge in [0.25, 0.3) is 0 Å². The van der Waals surface area contributed by atoms with Crippen LogP contribution in [0.4, 0.5) is 5.82 Å². The normalized spacial score (nSPS) is 10.9. The molecule has 0 aliphatic carbocycles. The number of likely N-dealkylation sites (N-methyl/N-ethyl adjacent to an activating group) is 2. The van der Waals surface area contributed by atoms with E-state index in [0.717, 1.165) is 58.9 Å². The van der Waals surface area contributed by atoms with Crippen molar-refractivity contribution in [3.8, 4) is 16.9 Å². The van der Waals surface area contributed by atoms with E-state index in [1.165, 1.54) is 0 Å². The summed E-state index contributed by atoms with van der Waals surface area (Å²) in [5.74, 6) is 2.00. The number of rotatable bonds is 13. The molecule has 2 aromatic carbocycles. The molecule has 0 saturated carbocycles. The standard InChI is InChI=1S/C32H36N4O2/c1-35(2)19-20-36(3)32-22-28(16-18-34-32)30-8-4-5-9-31(30)38-24-27-12-10-25(11-13-27)21-29(37)15-14-26-7-6-17-33-23-26/h4-13,16-18,22-23H,14-15,19-21,24H2,1-3H3. The number of hydrogen-bond donors (Lipinski definition) is 0. The Bertz CT molecular complexity index is 1310. The maximum Gasteiger partial charge on any atom is 0.137 e. The fraction of sp³-hybridized carbons (Fsp3) is 0.281. The highest BCUT2D eigenvalue weighted by Crippen LogP contribution is 2.31. The Morgan fingerprint density at radius 1 is 0.842 bits per heavy atom. The summed E-state index contributed by atoms with van der Waals surface area (Å²) in [6.07, 6.45) is 7.11. The smallest absolute Gasteiger partial charge is 0.137 e. The summed E-state index contributed by atoms with van der Waals surface area (Å²) in [5, 5.41) is 0. The molecule has 196 valence electrons. The molecule has 0 atom stereocenters. The highest BCUT2D eigenvalue weighted by molar-refractivity contribution is 5.81. The van der Waals surface area contributed by atoms with E-state index in [1.807, 2.05) is 73.1 Å². The first-order valence-electron chi connectivity index (χ1n) is 13.0. The Hall–Kier alpha value is -4.03.